The van der Waals surface area contributed by atoms with E-state index in [1.165, 1.54) is 24.3 Å². The monoisotopic (exact) mass is 209 g/mol. The van der Waals surface area contributed by atoms with Crippen LogP contribution in [-0.4, -0.2) is 24.2 Å². The van der Waals surface area contributed by atoms with Crippen molar-refractivity contribution in [2.24, 2.45) is 0 Å². The zero-order chi connectivity index (χ0) is 11.4. The number of rotatable bonds is 3. The van der Waals surface area contributed by atoms with Gasteiger partial charge in [-0.25, -0.2) is 0 Å². The van der Waals surface area contributed by atoms with Crippen LogP contribution in [0.15, 0.2) is 24.3 Å². The number of carboxylic acids is 1. The fraction of sp³-hybridized carbons (Fsp3) is 0.200. The third-order valence-corrected chi connectivity index (χ3v) is 1.95. The lowest BCUT2D eigenvalue weighted by molar-refractivity contribution is -0.152. The molecule has 0 aliphatic rings. The third-order valence-electron chi connectivity index (χ3n) is 1.95. The summed E-state index contributed by atoms with van der Waals surface area (Å²) in [5.41, 5.74) is 6.31. The van der Waals surface area contributed by atoms with Gasteiger partial charge in [-0.05, 0) is 17.7 Å². The molecule has 80 valence electrons. The van der Waals surface area contributed by atoms with Crippen LogP contribution < -0.4 is 5.73 Å². The normalized spacial score (nSPS) is 11.8. The molecule has 0 amide bonds. The molecule has 1 aromatic rings. The van der Waals surface area contributed by atoms with Crippen LogP contribution in [0.1, 0.15) is 11.5 Å². The fourth-order valence-corrected chi connectivity index (χ4v) is 1.19. The summed E-state index contributed by atoms with van der Waals surface area (Å²) in [6.07, 6.45) is 0. The van der Waals surface area contributed by atoms with Crippen LogP contribution in [-0.2, 0) is 14.3 Å². The minimum absolute atomic E-state index is 0.351. The van der Waals surface area contributed by atoms with E-state index in [4.69, 9.17) is 10.8 Å². The van der Waals surface area contributed by atoms with Gasteiger partial charge in [0.2, 0.25) is 0 Å². The second kappa shape index (κ2) is 4.45. The number of carbonyl (C=O) groups excluding carboxylic acids is 1. The van der Waals surface area contributed by atoms with Crippen molar-refractivity contribution >= 4 is 17.6 Å². The minimum Gasteiger partial charge on any atom is -0.480 e. The Labute approximate surface area is 86.5 Å². The standard InChI is InChI=1S/C10H11NO4/c1-15-10(14)8(9(12)13)6-2-4-7(11)5-3-6/h2-5,8H,11H2,1H3,(H,12,13). The molecule has 1 aromatic carbocycles. The SMILES string of the molecule is COC(=O)C(C(=O)O)c1ccc(N)cc1. The highest BCUT2D eigenvalue weighted by atomic mass is 16.5. The molecular formula is C10H11NO4. The maximum absolute atomic E-state index is 11.2. The van der Waals surface area contributed by atoms with Gasteiger partial charge in [-0.15, -0.1) is 0 Å². The van der Waals surface area contributed by atoms with Gasteiger partial charge >= 0.3 is 11.9 Å². The summed E-state index contributed by atoms with van der Waals surface area (Å²) in [6, 6.07) is 6.05. The molecule has 0 bridgehead atoms. The summed E-state index contributed by atoms with van der Waals surface area (Å²) >= 11 is 0. The lowest BCUT2D eigenvalue weighted by atomic mass is 9.99. The Morgan fingerprint density at radius 2 is 1.87 bits per heavy atom. The maximum Gasteiger partial charge on any atom is 0.324 e. The van der Waals surface area contributed by atoms with Crippen LogP contribution >= 0.6 is 0 Å². The molecule has 0 saturated heterocycles. The zero-order valence-electron chi connectivity index (χ0n) is 8.14. The summed E-state index contributed by atoms with van der Waals surface area (Å²) in [5, 5.41) is 8.87. The van der Waals surface area contributed by atoms with Crippen molar-refractivity contribution in [2.75, 3.05) is 12.8 Å². The number of benzene rings is 1. The summed E-state index contributed by atoms with van der Waals surface area (Å²) in [6.45, 7) is 0. The van der Waals surface area contributed by atoms with Gasteiger partial charge in [-0.3, -0.25) is 9.59 Å². The lowest BCUT2D eigenvalue weighted by Gasteiger charge is -2.10. The summed E-state index contributed by atoms with van der Waals surface area (Å²) in [7, 11) is 1.15. The van der Waals surface area contributed by atoms with E-state index in [1.807, 2.05) is 0 Å². The molecule has 15 heavy (non-hydrogen) atoms. The van der Waals surface area contributed by atoms with E-state index >= 15 is 0 Å². The molecule has 5 heteroatoms. The molecule has 0 aliphatic carbocycles. The number of hydrogen-bond donors (Lipinski definition) is 2. The number of aliphatic carboxylic acids is 1. The second-order valence-corrected chi connectivity index (χ2v) is 2.96. The average molecular weight is 209 g/mol. The maximum atomic E-state index is 11.2. The number of carboxylic acid groups (broad SMARTS) is 1. The van der Waals surface area contributed by atoms with Crippen molar-refractivity contribution < 1.29 is 19.4 Å². The molecule has 0 aliphatic heterocycles. The summed E-state index contributed by atoms with van der Waals surface area (Å²) in [5.74, 6) is -3.34. The number of carbonyl (C=O) groups is 2. The molecular weight excluding hydrogens is 198 g/mol. The van der Waals surface area contributed by atoms with Crippen LogP contribution in [0.5, 0.6) is 0 Å². The molecule has 0 spiro atoms. The van der Waals surface area contributed by atoms with E-state index in [9.17, 15) is 9.59 Å². The van der Waals surface area contributed by atoms with Gasteiger partial charge in [0.15, 0.2) is 5.92 Å². The van der Waals surface area contributed by atoms with Gasteiger partial charge < -0.3 is 15.6 Å². The Morgan fingerprint density at radius 3 is 2.27 bits per heavy atom. The first-order valence-electron chi connectivity index (χ1n) is 4.22. The summed E-state index contributed by atoms with van der Waals surface area (Å²) in [4.78, 5) is 22.1. The molecule has 3 N–H and O–H groups in total. The van der Waals surface area contributed by atoms with Crippen LogP contribution in [0.4, 0.5) is 5.69 Å². The van der Waals surface area contributed by atoms with Gasteiger partial charge in [-0.2, -0.15) is 0 Å². The number of nitrogens with two attached hydrogens (primary N) is 1. The summed E-state index contributed by atoms with van der Waals surface area (Å²) < 4.78 is 4.41. The van der Waals surface area contributed by atoms with Gasteiger partial charge in [0.05, 0.1) is 7.11 Å². The number of ether oxygens (including phenoxy) is 1. The largest absolute Gasteiger partial charge is 0.480 e. The number of methoxy groups -OCH3 is 1. The van der Waals surface area contributed by atoms with Crippen molar-refractivity contribution in [3.8, 4) is 0 Å². The predicted octanol–water partition coefficient (Wildman–Crippen LogP) is 0.610. The highest BCUT2D eigenvalue weighted by Gasteiger charge is 2.28. The van der Waals surface area contributed by atoms with Gasteiger partial charge in [0, 0.05) is 5.69 Å². The Kier molecular flexibility index (Phi) is 3.28. The van der Waals surface area contributed by atoms with E-state index in [2.05, 4.69) is 4.74 Å². The fourth-order valence-electron chi connectivity index (χ4n) is 1.19. The average Bonchev–Trinajstić information content (AvgIpc) is 2.20. The first-order valence-corrected chi connectivity index (χ1v) is 4.22. The quantitative estimate of drug-likeness (QED) is 0.432. The molecule has 0 radical (unpaired) electrons. The highest BCUT2D eigenvalue weighted by molar-refractivity contribution is 5.99. The Bertz CT molecular complexity index is 372. The van der Waals surface area contributed by atoms with E-state index in [0.717, 1.165) is 7.11 Å². The van der Waals surface area contributed by atoms with Crippen molar-refractivity contribution in [1.82, 2.24) is 0 Å². The molecule has 1 rings (SSSR count). The zero-order valence-corrected chi connectivity index (χ0v) is 8.14. The number of anilines is 1. The highest BCUT2D eigenvalue weighted by Crippen LogP contribution is 2.18. The Morgan fingerprint density at radius 1 is 1.33 bits per heavy atom. The van der Waals surface area contributed by atoms with Crippen molar-refractivity contribution in [3.63, 3.8) is 0 Å². The van der Waals surface area contributed by atoms with Crippen LogP contribution in [0.2, 0.25) is 0 Å². The van der Waals surface area contributed by atoms with E-state index in [1.54, 1.807) is 0 Å². The van der Waals surface area contributed by atoms with Crippen LogP contribution in [0, 0.1) is 0 Å². The molecule has 1 unspecified atom stereocenters. The molecule has 1 atom stereocenters. The Balaban J connectivity index is 3.04. The molecule has 0 saturated carbocycles. The Hall–Kier alpha value is -2.04. The van der Waals surface area contributed by atoms with E-state index in [0.29, 0.717) is 11.3 Å². The first-order chi connectivity index (χ1) is 7.06. The number of hydrogen-bond acceptors (Lipinski definition) is 4. The molecule has 0 heterocycles. The third kappa shape index (κ3) is 2.46. The first kappa shape index (κ1) is 11.0. The van der Waals surface area contributed by atoms with E-state index < -0.39 is 17.9 Å². The smallest absolute Gasteiger partial charge is 0.324 e. The second-order valence-electron chi connectivity index (χ2n) is 2.96. The van der Waals surface area contributed by atoms with Gasteiger partial charge in [0.25, 0.3) is 0 Å². The van der Waals surface area contributed by atoms with Crippen LogP contribution in [0.25, 0.3) is 0 Å². The molecule has 0 fully saturated rings. The lowest BCUT2D eigenvalue weighted by Crippen LogP contribution is -2.22. The number of esters is 1. The van der Waals surface area contributed by atoms with E-state index in [-0.39, 0.29) is 0 Å². The van der Waals surface area contributed by atoms with Crippen molar-refractivity contribution in [3.05, 3.63) is 29.8 Å². The van der Waals surface area contributed by atoms with Crippen molar-refractivity contribution in [2.45, 2.75) is 5.92 Å². The number of nitrogen functional groups attached to an aromatic ring is 1. The molecule has 5 nitrogen and oxygen atoms in total. The molecule has 0 aromatic heterocycles. The van der Waals surface area contributed by atoms with Gasteiger partial charge in [0.1, 0.15) is 0 Å². The van der Waals surface area contributed by atoms with Crippen molar-refractivity contribution in [1.29, 1.82) is 0 Å². The minimum atomic E-state index is -1.30. The van der Waals surface area contributed by atoms with Crippen LogP contribution in [0.3, 0.4) is 0 Å². The van der Waals surface area contributed by atoms with Gasteiger partial charge in [-0.1, -0.05) is 12.1 Å². The predicted molar refractivity (Wildman–Crippen MR) is 53.2 cm³/mol. The topological polar surface area (TPSA) is 89.6 Å².